The highest BCUT2D eigenvalue weighted by molar-refractivity contribution is 5.46. The molecule has 0 saturated heterocycles. The minimum atomic E-state index is 0.182. The topological polar surface area (TPSA) is 21.3 Å². The number of rotatable bonds is 2. The second-order valence-electron chi connectivity index (χ2n) is 7.18. The number of hydrogen-bond acceptors (Lipinski definition) is 2. The molecule has 0 saturated carbocycles. The highest BCUT2D eigenvalue weighted by atomic mass is 16.5. The molecular formula is C20H25NO. The van der Waals surface area contributed by atoms with Gasteiger partial charge in [-0.2, -0.15) is 0 Å². The van der Waals surface area contributed by atoms with E-state index in [-0.39, 0.29) is 5.41 Å². The number of benzene rings is 2. The van der Waals surface area contributed by atoms with Gasteiger partial charge < -0.3 is 10.1 Å². The molecule has 2 atom stereocenters. The molecule has 1 aliphatic heterocycles. The number of nitrogens with one attached hydrogen (secondary N) is 1. The molecule has 2 aromatic rings. The van der Waals surface area contributed by atoms with E-state index in [2.05, 4.69) is 74.6 Å². The van der Waals surface area contributed by atoms with Crippen molar-refractivity contribution in [2.24, 2.45) is 5.41 Å². The van der Waals surface area contributed by atoms with Crippen molar-refractivity contribution in [2.75, 3.05) is 7.11 Å². The van der Waals surface area contributed by atoms with Crippen LogP contribution >= 0.6 is 0 Å². The molecule has 0 amide bonds. The summed E-state index contributed by atoms with van der Waals surface area (Å²) in [5, 5.41) is 3.76. The first-order valence-corrected chi connectivity index (χ1v) is 7.96. The first-order valence-electron chi connectivity index (χ1n) is 7.96. The maximum Gasteiger partial charge on any atom is 0.119 e. The molecule has 1 heterocycles. The van der Waals surface area contributed by atoms with Crippen molar-refractivity contribution in [3.8, 4) is 5.75 Å². The van der Waals surface area contributed by atoms with Gasteiger partial charge in [-0.25, -0.2) is 0 Å². The molecule has 1 aliphatic rings. The van der Waals surface area contributed by atoms with Gasteiger partial charge in [0.15, 0.2) is 0 Å². The predicted molar refractivity (Wildman–Crippen MR) is 91.4 cm³/mol. The Hall–Kier alpha value is -1.80. The van der Waals surface area contributed by atoms with Gasteiger partial charge in [-0.15, -0.1) is 0 Å². The minimum Gasteiger partial charge on any atom is -0.497 e. The number of hydrogen-bond donors (Lipinski definition) is 1. The van der Waals surface area contributed by atoms with Gasteiger partial charge in [0.25, 0.3) is 0 Å². The highest BCUT2D eigenvalue weighted by Crippen LogP contribution is 2.41. The second kappa shape index (κ2) is 5.77. The van der Waals surface area contributed by atoms with E-state index in [1.807, 2.05) is 0 Å². The Morgan fingerprint density at radius 2 is 1.77 bits per heavy atom. The summed E-state index contributed by atoms with van der Waals surface area (Å²) in [4.78, 5) is 0. The highest BCUT2D eigenvalue weighted by Gasteiger charge is 2.37. The van der Waals surface area contributed by atoms with Crippen LogP contribution in [0.1, 0.15) is 43.4 Å². The largest absolute Gasteiger partial charge is 0.497 e. The van der Waals surface area contributed by atoms with Crippen molar-refractivity contribution in [1.29, 1.82) is 0 Å². The summed E-state index contributed by atoms with van der Waals surface area (Å²) in [6, 6.07) is 17.7. The zero-order valence-electron chi connectivity index (χ0n) is 13.9. The van der Waals surface area contributed by atoms with Crippen LogP contribution in [0.4, 0.5) is 0 Å². The Morgan fingerprint density at radius 3 is 2.41 bits per heavy atom. The summed E-state index contributed by atoms with van der Waals surface area (Å²) < 4.78 is 5.46. The zero-order chi connectivity index (χ0) is 15.7. The molecule has 1 N–H and O–H groups in total. The molecule has 0 aromatic heterocycles. The summed E-state index contributed by atoms with van der Waals surface area (Å²) in [5.41, 5.74) is 4.31. The van der Waals surface area contributed by atoms with Crippen molar-refractivity contribution in [3.05, 3.63) is 65.2 Å². The number of methoxy groups -OCH3 is 1. The lowest BCUT2D eigenvalue weighted by Gasteiger charge is -2.42. The maximum atomic E-state index is 5.46. The van der Waals surface area contributed by atoms with Crippen LogP contribution in [0.3, 0.4) is 0 Å². The number of ether oxygens (including phenoxy) is 1. The summed E-state index contributed by atoms with van der Waals surface area (Å²) in [5.74, 6) is 1.29. The molecule has 3 rings (SSSR count). The van der Waals surface area contributed by atoms with E-state index in [0.717, 1.165) is 12.3 Å². The lowest BCUT2D eigenvalue weighted by Crippen LogP contribution is -2.48. The summed E-state index contributed by atoms with van der Waals surface area (Å²) in [7, 11) is 1.74. The van der Waals surface area contributed by atoms with E-state index in [0.29, 0.717) is 12.0 Å². The fraction of sp³-hybridized carbons (Fsp3) is 0.400. The van der Waals surface area contributed by atoms with Gasteiger partial charge >= 0.3 is 0 Å². The van der Waals surface area contributed by atoms with Crippen LogP contribution in [0.25, 0.3) is 0 Å². The van der Waals surface area contributed by atoms with Crippen molar-refractivity contribution in [1.82, 2.24) is 5.32 Å². The molecule has 2 heteroatoms. The van der Waals surface area contributed by atoms with Crippen molar-refractivity contribution >= 4 is 0 Å². The van der Waals surface area contributed by atoms with Gasteiger partial charge in [0, 0.05) is 18.5 Å². The molecule has 0 spiro atoms. The third kappa shape index (κ3) is 2.76. The Balaban J connectivity index is 2.15. The number of fused-ring (bicyclic) bond motifs is 1. The summed E-state index contributed by atoms with van der Waals surface area (Å²) >= 11 is 0. The van der Waals surface area contributed by atoms with Crippen LogP contribution in [0, 0.1) is 5.41 Å². The van der Waals surface area contributed by atoms with E-state index in [1.54, 1.807) is 7.11 Å². The van der Waals surface area contributed by atoms with Crippen molar-refractivity contribution in [3.63, 3.8) is 0 Å². The quantitative estimate of drug-likeness (QED) is 0.889. The van der Waals surface area contributed by atoms with Crippen LogP contribution in [0.5, 0.6) is 5.75 Å². The molecule has 0 unspecified atom stereocenters. The summed E-state index contributed by atoms with van der Waals surface area (Å²) in [6.07, 6.45) is 0. The Morgan fingerprint density at radius 1 is 1.05 bits per heavy atom. The molecule has 2 aromatic carbocycles. The molecule has 0 radical (unpaired) electrons. The lowest BCUT2D eigenvalue weighted by atomic mass is 9.70. The van der Waals surface area contributed by atoms with E-state index >= 15 is 0 Å². The Kier molecular flexibility index (Phi) is 3.96. The smallest absolute Gasteiger partial charge is 0.119 e. The van der Waals surface area contributed by atoms with Gasteiger partial charge in [-0.05, 0) is 34.2 Å². The van der Waals surface area contributed by atoms with Gasteiger partial charge in [-0.3, -0.25) is 0 Å². The van der Waals surface area contributed by atoms with Gasteiger partial charge in [0.1, 0.15) is 5.75 Å². The molecule has 0 aliphatic carbocycles. The first-order chi connectivity index (χ1) is 10.5. The average molecular weight is 295 g/mol. The van der Waals surface area contributed by atoms with E-state index in [9.17, 15) is 0 Å². The zero-order valence-corrected chi connectivity index (χ0v) is 13.9. The van der Waals surface area contributed by atoms with E-state index in [1.165, 1.54) is 16.7 Å². The second-order valence-corrected chi connectivity index (χ2v) is 7.18. The molecule has 0 fully saturated rings. The van der Waals surface area contributed by atoms with Gasteiger partial charge in [-0.1, -0.05) is 57.2 Å². The standard InChI is InChI=1S/C20H25NO/c1-20(2,3)19-18(14-8-6-5-7-9-14)17-12-16(22-4)11-10-15(17)13-21-19/h5-12,18-19,21H,13H2,1-4H3/t18-,19-/m0/s1. The molecule has 0 bridgehead atoms. The van der Waals surface area contributed by atoms with Crippen LogP contribution in [-0.4, -0.2) is 13.2 Å². The van der Waals surface area contributed by atoms with Crippen molar-refractivity contribution < 1.29 is 4.74 Å². The monoisotopic (exact) mass is 295 g/mol. The van der Waals surface area contributed by atoms with Crippen LogP contribution in [0.2, 0.25) is 0 Å². The van der Waals surface area contributed by atoms with Gasteiger partial charge in [0.2, 0.25) is 0 Å². The fourth-order valence-electron chi connectivity index (χ4n) is 3.51. The molecular weight excluding hydrogens is 270 g/mol. The van der Waals surface area contributed by atoms with E-state index in [4.69, 9.17) is 4.74 Å². The third-order valence-electron chi connectivity index (χ3n) is 4.63. The molecule has 2 nitrogen and oxygen atoms in total. The van der Waals surface area contributed by atoms with Gasteiger partial charge in [0.05, 0.1) is 7.11 Å². The van der Waals surface area contributed by atoms with Crippen LogP contribution in [0.15, 0.2) is 48.5 Å². The van der Waals surface area contributed by atoms with E-state index < -0.39 is 0 Å². The Bertz CT molecular complexity index is 643. The summed E-state index contributed by atoms with van der Waals surface area (Å²) in [6.45, 7) is 7.86. The lowest BCUT2D eigenvalue weighted by molar-refractivity contribution is 0.233. The predicted octanol–water partition coefficient (Wildman–Crippen LogP) is 4.35. The normalized spacial score (nSPS) is 21.3. The molecule has 22 heavy (non-hydrogen) atoms. The minimum absolute atomic E-state index is 0.182. The van der Waals surface area contributed by atoms with Crippen LogP contribution < -0.4 is 10.1 Å². The SMILES string of the molecule is COc1ccc2c(c1)[C@H](c1ccccc1)[C@@H](C(C)(C)C)NC2. The Labute approximate surface area is 133 Å². The van der Waals surface area contributed by atoms with Crippen LogP contribution in [-0.2, 0) is 6.54 Å². The fourth-order valence-corrected chi connectivity index (χ4v) is 3.51. The average Bonchev–Trinajstić information content (AvgIpc) is 2.53. The maximum absolute atomic E-state index is 5.46. The first kappa shape index (κ1) is 15.1. The molecule has 116 valence electrons. The third-order valence-corrected chi connectivity index (χ3v) is 4.63. The van der Waals surface area contributed by atoms with Crippen molar-refractivity contribution in [2.45, 2.75) is 39.3 Å².